The molecule has 1 saturated heterocycles. The highest BCUT2D eigenvalue weighted by molar-refractivity contribution is 7.86. The molecule has 5 rings (SSSR count). The van der Waals surface area contributed by atoms with Gasteiger partial charge in [0.2, 0.25) is 0 Å². The molecular weight excluding hydrogens is 476 g/mol. The monoisotopic (exact) mass is 502 g/mol. The lowest BCUT2D eigenvalue weighted by Gasteiger charge is -2.36. The van der Waals surface area contributed by atoms with Gasteiger partial charge in [0.1, 0.15) is 11.0 Å². The first-order valence-electron chi connectivity index (χ1n) is 11.7. The molecule has 2 N–H and O–H groups in total. The molecule has 0 radical (unpaired) electrons. The maximum Gasteiger partial charge on any atom is 0.329 e. The third-order valence-electron chi connectivity index (χ3n) is 6.55. The lowest BCUT2D eigenvalue weighted by molar-refractivity contribution is 0.0101. The fraction of sp³-hybridized carbons (Fsp3) is 0.214. The second kappa shape index (κ2) is 10.2. The van der Waals surface area contributed by atoms with Crippen LogP contribution in [0.1, 0.15) is 28.5 Å². The van der Waals surface area contributed by atoms with Crippen molar-refractivity contribution in [1.29, 1.82) is 0 Å². The average Bonchev–Trinajstić information content (AvgIpc) is 3.19. The van der Waals surface area contributed by atoms with Crippen LogP contribution in [0.5, 0.6) is 0 Å². The van der Waals surface area contributed by atoms with E-state index in [1.165, 1.54) is 12.3 Å². The van der Waals surface area contributed by atoms with Crippen molar-refractivity contribution in [2.75, 3.05) is 6.61 Å². The van der Waals surface area contributed by atoms with Crippen molar-refractivity contribution >= 4 is 10.8 Å². The van der Waals surface area contributed by atoms with Crippen LogP contribution in [-0.2, 0) is 21.1 Å². The molecule has 2 heterocycles. The minimum Gasteiger partial charge on any atom is -0.390 e. The van der Waals surface area contributed by atoms with Gasteiger partial charge >= 0.3 is 5.69 Å². The Hall–Kier alpha value is -3.59. The molecule has 4 atom stereocenters. The second-order valence-corrected chi connectivity index (χ2v) is 10.6. The molecule has 1 aliphatic rings. The quantitative estimate of drug-likeness (QED) is 0.379. The summed E-state index contributed by atoms with van der Waals surface area (Å²) in [6.45, 7) is 0.0803. The molecule has 0 amide bonds. The summed E-state index contributed by atoms with van der Waals surface area (Å²) in [4.78, 5) is 26.0. The first-order chi connectivity index (χ1) is 17.5. The summed E-state index contributed by atoms with van der Waals surface area (Å²) in [7, 11) is -1.63. The topological polar surface area (TPSA) is 101 Å². The summed E-state index contributed by atoms with van der Waals surface area (Å²) in [5, 5.41) is 9.26. The number of aliphatic hydroxyl groups excluding tert-OH is 1. The van der Waals surface area contributed by atoms with E-state index in [1.807, 2.05) is 91.0 Å². The summed E-state index contributed by atoms with van der Waals surface area (Å²) in [5.74, 6) is 0. The van der Waals surface area contributed by atoms with Gasteiger partial charge < -0.3 is 9.84 Å². The summed E-state index contributed by atoms with van der Waals surface area (Å²) in [6.07, 6.45) is 0.443. The van der Waals surface area contributed by atoms with Crippen LogP contribution in [0.3, 0.4) is 0 Å². The maximum atomic E-state index is 13.5. The van der Waals surface area contributed by atoms with E-state index < -0.39 is 44.4 Å². The van der Waals surface area contributed by atoms with E-state index in [2.05, 4.69) is 4.98 Å². The molecule has 184 valence electrons. The Kier molecular flexibility index (Phi) is 6.82. The number of nitrogens with zero attached hydrogens (tertiary/aromatic N) is 1. The summed E-state index contributed by atoms with van der Waals surface area (Å²) in [6, 6.07) is 30.8. The molecule has 36 heavy (non-hydrogen) atoms. The molecular formula is C28H26N2O5S. The van der Waals surface area contributed by atoms with Gasteiger partial charge in [0, 0.05) is 12.3 Å². The van der Waals surface area contributed by atoms with E-state index >= 15 is 0 Å². The molecule has 4 aromatic rings. The number of benzene rings is 3. The van der Waals surface area contributed by atoms with E-state index in [1.54, 1.807) is 0 Å². The Morgan fingerprint density at radius 2 is 1.36 bits per heavy atom. The molecule has 0 saturated carbocycles. The number of ether oxygens (including phenoxy) is 1. The van der Waals surface area contributed by atoms with Gasteiger partial charge in [-0.2, -0.15) is 0 Å². The lowest BCUT2D eigenvalue weighted by Crippen LogP contribution is -2.37. The SMILES string of the molecule is O=c1ccn([C@H]2[C@@H](O)CC(COC(c3ccccc3)(c3ccccc3)c3ccccc3)S2=O)c(=O)[nH]1. The average molecular weight is 503 g/mol. The van der Waals surface area contributed by atoms with E-state index in [4.69, 9.17) is 4.74 Å². The van der Waals surface area contributed by atoms with Crippen molar-refractivity contribution in [3.8, 4) is 0 Å². The van der Waals surface area contributed by atoms with Gasteiger partial charge in [-0.3, -0.25) is 18.6 Å². The lowest BCUT2D eigenvalue weighted by atomic mass is 9.80. The second-order valence-electron chi connectivity index (χ2n) is 8.75. The summed E-state index contributed by atoms with van der Waals surface area (Å²) >= 11 is 0. The Bertz CT molecular complexity index is 1360. The largest absolute Gasteiger partial charge is 0.390 e. The third kappa shape index (κ3) is 4.39. The number of H-pyrrole nitrogens is 1. The maximum absolute atomic E-state index is 13.5. The zero-order valence-corrected chi connectivity index (χ0v) is 20.2. The van der Waals surface area contributed by atoms with Crippen molar-refractivity contribution in [3.63, 3.8) is 0 Å². The minimum atomic E-state index is -1.63. The molecule has 0 spiro atoms. The van der Waals surface area contributed by atoms with Crippen LogP contribution in [0.15, 0.2) is 113 Å². The normalized spacial score (nSPS) is 21.9. The Morgan fingerprint density at radius 3 is 1.83 bits per heavy atom. The van der Waals surface area contributed by atoms with E-state index in [9.17, 15) is 18.9 Å². The Balaban J connectivity index is 1.53. The van der Waals surface area contributed by atoms with Crippen LogP contribution in [0.2, 0.25) is 0 Å². The first kappa shape index (κ1) is 24.1. The smallest absolute Gasteiger partial charge is 0.329 e. The molecule has 2 unspecified atom stereocenters. The van der Waals surface area contributed by atoms with Gasteiger partial charge in [-0.15, -0.1) is 0 Å². The third-order valence-corrected chi connectivity index (χ3v) is 8.56. The predicted molar refractivity (Wildman–Crippen MR) is 138 cm³/mol. The van der Waals surface area contributed by atoms with Crippen LogP contribution in [0.4, 0.5) is 0 Å². The number of hydrogen-bond donors (Lipinski definition) is 2. The molecule has 3 aromatic carbocycles. The molecule has 8 heteroatoms. The van der Waals surface area contributed by atoms with Crippen molar-refractivity contribution < 1.29 is 14.1 Å². The minimum absolute atomic E-state index is 0.0803. The molecule has 0 bridgehead atoms. The van der Waals surface area contributed by atoms with Crippen LogP contribution >= 0.6 is 0 Å². The predicted octanol–water partition coefficient (Wildman–Crippen LogP) is 2.93. The highest BCUT2D eigenvalue weighted by Gasteiger charge is 2.45. The molecule has 1 aliphatic heterocycles. The van der Waals surface area contributed by atoms with Gasteiger partial charge in [-0.05, 0) is 23.1 Å². The highest BCUT2D eigenvalue weighted by atomic mass is 32.2. The van der Waals surface area contributed by atoms with Crippen molar-refractivity contribution in [1.82, 2.24) is 9.55 Å². The molecule has 1 fully saturated rings. The van der Waals surface area contributed by atoms with Gasteiger partial charge in [0.05, 0.1) is 28.8 Å². The zero-order valence-electron chi connectivity index (χ0n) is 19.4. The number of aliphatic hydroxyl groups is 1. The summed E-state index contributed by atoms with van der Waals surface area (Å²) < 4.78 is 21.4. The fourth-order valence-corrected chi connectivity index (χ4v) is 6.67. The summed E-state index contributed by atoms with van der Waals surface area (Å²) in [5.41, 5.74) is 0.521. The van der Waals surface area contributed by atoms with Gasteiger partial charge in [0.15, 0.2) is 0 Å². The van der Waals surface area contributed by atoms with E-state index in [0.717, 1.165) is 21.3 Å². The Morgan fingerprint density at radius 1 is 0.861 bits per heavy atom. The standard InChI is InChI=1S/C28H26N2O5S/c31-24-18-23(36(34)26(24)30-17-16-25(32)29-27(30)33)19-35-28(20-10-4-1-5-11-20,21-12-6-2-7-13-21)22-14-8-3-9-15-22/h1-17,23-24,26,31H,18-19H2,(H,29,32,33)/t23?,24-,26+,36?/m0/s1. The van der Waals surface area contributed by atoms with Crippen molar-refractivity contribution in [3.05, 3.63) is 141 Å². The van der Waals surface area contributed by atoms with Gasteiger partial charge in [-0.1, -0.05) is 91.0 Å². The van der Waals surface area contributed by atoms with Crippen LogP contribution < -0.4 is 11.2 Å². The number of aromatic amines is 1. The number of hydrogen-bond acceptors (Lipinski definition) is 5. The van der Waals surface area contributed by atoms with Gasteiger partial charge in [0.25, 0.3) is 5.56 Å². The van der Waals surface area contributed by atoms with E-state index in [-0.39, 0.29) is 13.0 Å². The first-order valence-corrected chi connectivity index (χ1v) is 13.0. The number of nitrogens with one attached hydrogen (secondary N) is 1. The highest BCUT2D eigenvalue weighted by Crippen LogP contribution is 2.42. The van der Waals surface area contributed by atoms with Gasteiger partial charge in [-0.25, -0.2) is 4.79 Å². The van der Waals surface area contributed by atoms with Crippen molar-refractivity contribution in [2.24, 2.45) is 0 Å². The Labute approximate surface area is 210 Å². The van der Waals surface area contributed by atoms with Crippen LogP contribution in [0.25, 0.3) is 0 Å². The molecule has 1 aromatic heterocycles. The molecule has 0 aliphatic carbocycles. The number of aromatic nitrogens is 2. The number of rotatable bonds is 7. The van der Waals surface area contributed by atoms with Crippen molar-refractivity contribution in [2.45, 2.75) is 28.7 Å². The van der Waals surface area contributed by atoms with Crippen LogP contribution in [0, 0.1) is 0 Å². The molecule has 7 nitrogen and oxygen atoms in total. The zero-order chi connectivity index (χ0) is 25.1. The van der Waals surface area contributed by atoms with Crippen LogP contribution in [-0.4, -0.2) is 36.8 Å². The fourth-order valence-electron chi connectivity index (χ4n) is 4.88. The van der Waals surface area contributed by atoms with E-state index in [0.29, 0.717) is 0 Å².